The fourth-order valence-corrected chi connectivity index (χ4v) is 4.90. The molecule has 2 unspecified atom stereocenters. The second-order valence-corrected chi connectivity index (χ2v) is 13.2. The summed E-state index contributed by atoms with van der Waals surface area (Å²) in [7, 11) is 0.720. The second-order valence-electron chi connectivity index (χ2n) is 10.5. The van der Waals surface area contributed by atoms with Crippen LogP contribution >= 0.6 is 0 Å². The summed E-state index contributed by atoms with van der Waals surface area (Å²) >= 11 is 0. The van der Waals surface area contributed by atoms with E-state index in [1.165, 1.54) is 35.1 Å². The standard InChI is InChI=1S/2C11H17.C8H19Si.2ClH.Zr/c2*1-8(2)10-5-6-11(7-10)9(3)4;1-5-7(3)9-8(4)6-2;;;/h2*5-9H,1-4H3;7-9H,5-6H2,1-4H3;2*1H;/q2*-1;;;;+4/p-2. The minimum absolute atomic E-state index is 0. The third-order valence-electron chi connectivity index (χ3n) is 6.21. The Morgan fingerprint density at radius 1 is 0.588 bits per heavy atom. The van der Waals surface area contributed by atoms with Crippen molar-refractivity contribution in [1.82, 2.24) is 0 Å². The van der Waals surface area contributed by atoms with Gasteiger partial charge in [0.15, 0.2) is 0 Å². The van der Waals surface area contributed by atoms with Gasteiger partial charge in [0.2, 0.25) is 0 Å². The van der Waals surface area contributed by atoms with Crippen molar-refractivity contribution < 1.29 is 51.0 Å². The Balaban J connectivity index is -0.000000191. The molecule has 2 atom stereocenters. The Labute approximate surface area is 248 Å². The first-order valence-electron chi connectivity index (χ1n) is 12.8. The van der Waals surface area contributed by atoms with E-state index in [0.717, 1.165) is 20.6 Å². The average molecular weight is 604 g/mol. The quantitative estimate of drug-likeness (QED) is 0.314. The van der Waals surface area contributed by atoms with Gasteiger partial charge in [-0.15, -0.1) is 0 Å². The van der Waals surface area contributed by atoms with Crippen LogP contribution in [0.15, 0.2) is 36.4 Å². The van der Waals surface area contributed by atoms with Crippen LogP contribution in [0.25, 0.3) is 0 Å². The van der Waals surface area contributed by atoms with Gasteiger partial charge in [0.25, 0.3) is 0 Å². The predicted octanol–water partition coefficient (Wildman–Crippen LogP) is 4.17. The molecule has 0 spiro atoms. The molecule has 0 aliphatic carbocycles. The molecule has 0 aliphatic rings. The Kier molecular flexibility index (Phi) is 27.5. The molecule has 0 aliphatic heterocycles. The average Bonchev–Trinajstić information content (AvgIpc) is 3.38. The summed E-state index contributed by atoms with van der Waals surface area (Å²) in [5, 5.41) is 0. The van der Waals surface area contributed by atoms with Gasteiger partial charge in [-0.2, -0.15) is 46.5 Å². The third kappa shape index (κ3) is 17.8. The van der Waals surface area contributed by atoms with Gasteiger partial charge in [0, 0.05) is 9.52 Å². The molecule has 2 aromatic rings. The number of hydrogen-bond acceptors (Lipinski definition) is 0. The first-order valence-corrected chi connectivity index (χ1v) is 14.1. The summed E-state index contributed by atoms with van der Waals surface area (Å²) in [6.45, 7) is 27.2. The molecule has 195 valence electrons. The molecule has 2 aromatic carbocycles. The van der Waals surface area contributed by atoms with E-state index in [0.29, 0.717) is 23.7 Å². The van der Waals surface area contributed by atoms with E-state index >= 15 is 0 Å². The first-order chi connectivity index (χ1) is 14.4. The summed E-state index contributed by atoms with van der Waals surface area (Å²) in [6, 6.07) is 13.6. The maximum Gasteiger partial charge on any atom is 4.00 e. The molecule has 0 aromatic heterocycles. The van der Waals surface area contributed by atoms with Crippen molar-refractivity contribution in [2.75, 3.05) is 0 Å². The zero-order valence-electron chi connectivity index (χ0n) is 24.2. The molecular weight excluding hydrogens is 551 g/mol. The van der Waals surface area contributed by atoms with E-state index in [4.69, 9.17) is 0 Å². The van der Waals surface area contributed by atoms with E-state index in [9.17, 15) is 0 Å². The van der Waals surface area contributed by atoms with Gasteiger partial charge >= 0.3 is 26.2 Å². The van der Waals surface area contributed by atoms with E-state index in [1.54, 1.807) is 0 Å². The van der Waals surface area contributed by atoms with Crippen LogP contribution in [0.2, 0.25) is 11.1 Å². The van der Waals surface area contributed by atoms with Crippen molar-refractivity contribution in [3.63, 3.8) is 0 Å². The molecule has 1 radical (unpaired) electrons. The SMILES string of the molecule is CC(C)c1c[cH-]c(C(C)C)c1.CC(C)c1c[cH-]c(C(C)C)c1.CCC(C)[SiH]C(C)CC.[Cl-].[Cl-].[Zr+4]. The molecule has 0 amide bonds. The van der Waals surface area contributed by atoms with E-state index in [1.807, 2.05) is 0 Å². The van der Waals surface area contributed by atoms with Gasteiger partial charge in [0.1, 0.15) is 0 Å². The van der Waals surface area contributed by atoms with Gasteiger partial charge in [-0.05, 0) is 11.8 Å². The van der Waals surface area contributed by atoms with Crippen LogP contribution in [0.4, 0.5) is 0 Å². The van der Waals surface area contributed by atoms with Crippen LogP contribution in [0.5, 0.6) is 0 Å². The van der Waals surface area contributed by atoms with E-state index < -0.39 is 0 Å². The van der Waals surface area contributed by atoms with Crippen LogP contribution in [0, 0.1) is 0 Å². The Morgan fingerprint density at radius 2 is 0.882 bits per heavy atom. The third-order valence-corrected chi connectivity index (χ3v) is 8.47. The molecule has 4 heteroatoms. The van der Waals surface area contributed by atoms with E-state index in [2.05, 4.69) is 119 Å². The number of rotatable bonds is 8. The molecule has 0 bridgehead atoms. The summed E-state index contributed by atoms with van der Waals surface area (Å²) in [4.78, 5) is 0. The fourth-order valence-electron chi connectivity index (χ4n) is 3.23. The normalized spacial score (nSPS) is 12.0. The van der Waals surface area contributed by atoms with Crippen LogP contribution < -0.4 is 24.8 Å². The van der Waals surface area contributed by atoms with E-state index in [-0.39, 0.29) is 51.0 Å². The van der Waals surface area contributed by atoms with Crippen molar-refractivity contribution in [2.24, 2.45) is 0 Å². The number of halogens is 2. The summed E-state index contributed by atoms with van der Waals surface area (Å²) in [5.41, 5.74) is 7.89. The minimum atomic E-state index is 0. The minimum Gasteiger partial charge on any atom is -1.00 e. The topological polar surface area (TPSA) is 0 Å². The molecule has 0 nitrogen and oxygen atoms in total. The molecular formula is C30H53Cl2SiZr. The maximum absolute atomic E-state index is 2.38. The van der Waals surface area contributed by atoms with Gasteiger partial charge in [-0.1, -0.05) is 119 Å². The molecule has 0 fully saturated rings. The van der Waals surface area contributed by atoms with Crippen molar-refractivity contribution >= 4 is 9.52 Å². The summed E-state index contributed by atoms with van der Waals surface area (Å²) in [5.74, 6) is 2.68. The maximum atomic E-state index is 2.38. The Hall–Kier alpha value is 0.380. The second kappa shape index (κ2) is 22.6. The van der Waals surface area contributed by atoms with Crippen LogP contribution in [0.3, 0.4) is 0 Å². The molecule has 0 saturated heterocycles. The van der Waals surface area contributed by atoms with Crippen molar-refractivity contribution in [1.29, 1.82) is 0 Å². The van der Waals surface area contributed by atoms with Gasteiger partial charge < -0.3 is 24.8 Å². The fraction of sp³-hybridized carbons (Fsp3) is 0.667. The van der Waals surface area contributed by atoms with Crippen LogP contribution in [-0.4, -0.2) is 9.52 Å². The monoisotopic (exact) mass is 601 g/mol. The van der Waals surface area contributed by atoms with Crippen molar-refractivity contribution in [3.05, 3.63) is 58.7 Å². The summed E-state index contributed by atoms with van der Waals surface area (Å²) < 4.78 is 0. The summed E-state index contributed by atoms with van der Waals surface area (Å²) in [6.07, 6.45) is 2.75. The van der Waals surface area contributed by atoms with Gasteiger partial charge in [-0.25, -0.2) is 12.1 Å². The van der Waals surface area contributed by atoms with Gasteiger partial charge in [-0.3, -0.25) is 0 Å². The predicted molar refractivity (Wildman–Crippen MR) is 147 cm³/mol. The van der Waals surface area contributed by atoms with Crippen LogP contribution in [-0.2, 0) is 26.2 Å². The van der Waals surface area contributed by atoms with Crippen molar-refractivity contribution in [3.8, 4) is 0 Å². The Morgan fingerprint density at radius 3 is 1.03 bits per heavy atom. The zero-order valence-corrected chi connectivity index (χ0v) is 29.3. The number of hydrogen-bond donors (Lipinski definition) is 0. The van der Waals surface area contributed by atoms with Crippen molar-refractivity contribution in [2.45, 2.75) is 131 Å². The van der Waals surface area contributed by atoms with Gasteiger partial charge in [0.05, 0.1) is 0 Å². The molecule has 34 heavy (non-hydrogen) atoms. The molecule has 0 N–H and O–H groups in total. The smallest absolute Gasteiger partial charge is 1.00 e. The molecule has 2 rings (SSSR count). The largest absolute Gasteiger partial charge is 4.00 e. The van der Waals surface area contributed by atoms with Crippen LogP contribution in [0.1, 0.15) is 142 Å². The molecule has 0 heterocycles. The Bertz CT molecular complexity index is 582. The zero-order chi connectivity index (χ0) is 24.1. The molecule has 0 saturated carbocycles. The first kappa shape index (κ1) is 41.5.